The minimum absolute atomic E-state index is 0.00734. The predicted octanol–water partition coefficient (Wildman–Crippen LogP) is 1.16. The van der Waals surface area contributed by atoms with Crippen LogP contribution in [0.25, 0.3) is 0 Å². The highest BCUT2D eigenvalue weighted by molar-refractivity contribution is 9.10. The van der Waals surface area contributed by atoms with Crippen LogP contribution in [-0.2, 0) is 6.18 Å². The molecule has 2 N–H and O–H groups in total. The minimum Gasteiger partial charge on any atom is -0.496 e. The third kappa shape index (κ3) is 2.69. The van der Waals surface area contributed by atoms with Gasteiger partial charge in [0.15, 0.2) is 0 Å². The van der Waals surface area contributed by atoms with Gasteiger partial charge in [-0.05, 0) is 28.1 Å². The van der Waals surface area contributed by atoms with E-state index in [0.717, 1.165) is 6.07 Å². The van der Waals surface area contributed by atoms with Crippen molar-refractivity contribution in [3.8, 4) is 5.75 Å². The van der Waals surface area contributed by atoms with E-state index >= 15 is 0 Å². The van der Waals surface area contributed by atoms with E-state index < -0.39 is 18.9 Å². The average Bonchev–Trinajstić information content (AvgIpc) is 2.14. The molecule has 0 saturated heterocycles. The van der Waals surface area contributed by atoms with E-state index in [1.165, 1.54) is 7.11 Å². The molecule has 0 amide bonds. The zero-order valence-corrected chi connectivity index (χ0v) is 9.63. The number of rotatable bonds is 2. The molecule has 1 aromatic rings. The van der Waals surface area contributed by atoms with E-state index in [-0.39, 0.29) is 15.7 Å². The lowest BCUT2D eigenvalue weighted by Gasteiger charge is -2.14. The third-order valence-electron chi connectivity index (χ3n) is 1.88. The minimum atomic E-state index is -4.56. The number of alkyl halides is 3. The zero-order chi connectivity index (χ0) is 12.5. The second-order valence-electron chi connectivity index (χ2n) is 2.95. The van der Waals surface area contributed by atoms with Crippen LogP contribution in [0.2, 0.25) is 0 Å². The van der Waals surface area contributed by atoms with Crippen LogP contribution in [-0.4, -0.2) is 24.3 Å². The van der Waals surface area contributed by atoms with Gasteiger partial charge in [0, 0.05) is 5.46 Å². The first-order valence-corrected chi connectivity index (χ1v) is 4.87. The summed E-state index contributed by atoms with van der Waals surface area (Å²) in [5.74, 6) is -0.0389. The molecule has 0 spiro atoms. The largest absolute Gasteiger partial charge is 0.496 e. The van der Waals surface area contributed by atoms with Crippen molar-refractivity contribution < 1.29 is 28.0 Å². The molecule has 0 bridgehead atoms. The van der Waals surface area contributed by atoms with Crippen molar-refractivity contribution in [3.05, 3.63) is 22.2 Å². The molecule has 0 aliphatic carbocycles. The van der Waals surface area contributed by atoms with Gasteiger partial charge in [0.1, 0.15) is 5.75 Å². The van der Waals surface area contributed by atoms with Gasteiger partial charge in [-0.25, -0.2) is 0 Å². The van der Waals surface area contributed by atoms with Gasteiger partial charge < -0.3 is 14.8 Å². The second kappa shape index (κ2) is 4.64. The van der Waals surface area contributed by atoms with Crippen LogP contribution >= 0.6 is 15.9 Å². The summed E-state index contributed by atoms with van der Waals surface area (Å²) < 4.78 is 42.0. The number of hydrogen-bond acceptors (Lipinski definition) is 3. The maximum absolute atomic E-state index is 12.4. The molecule has 0 aliphatic rings. The summed E-state index contributed by atoms with van der Waals surface area (Å²) in [6.45, 7) is 0. The molecule has 0 radical (unpaired) electrons. The van der Waals surface area contributed by atoms with E-state index in [0.29, 0.717) is 6.07 Å². The lowest BCUT2D eigenvalue weighted by atomic mass is 9.78. The summed E-state index contributed by atoms with van der Waals surface area (Å²) >= 11 is 2.87. The molecule has 16 heavy (non-hydrogen) atoms. The van der Waals surface area contributed by atoms with E-state index in [2.05, 4.69) is 15.9 Å². The van der Waals surface area contributed by atoms with Gasteiger partial charge in [0.2, 0.25) is 0 Å². The molecule has 0 fully saturated rings. The Morgan fingerprint density at radius 3 is 2.25 bits per heavy atom. The van der Waals surface area contributed by atoms with Crippen molar-refractivity contribution in [2.75, 3.05) is 7.11 Å². The fraction of sp³-hybridized carbons (Fsp3) is 0.250. The normalized spacial score (nSPS) is 11.4. The molecule has 0 heterocycles. The molecule has 0 atom stereocenters. The molecule has 8 heteroatoms. The Hall–Kier alpha value is -0.725. The van der Waals surface area contributed by atoms with Gasteiger partial charge in [-0.15, -0.1) is 0 Å². The highest BCUT2D eigenvalue weighted by Crippen LogP contribution is 2.33. The van der Waals surface area contributed by atoms with Gasteiger partial charge >= 0.3 is 13.3 Å². The summed E-state index contributed by atoms with van der Waals surface area (Å²) in [7, 11) is -0.812. The van der Waals surface area contributed by atoms with E-state index in [1.807, 2.05) is 0 Å². The summed E-state index contributed by atoms with van der Waals surface area (Å²) in [6, 6.07) is 1.44. The third-order valence-corrected chi connectivity index (χ3v) is 2.47. The number of ether oxygens (including phenoxy) is 1. The quantitative estimate of drug-likeness (QED) is 0.806. The van der Waals surface area contributed by atoms with Crippen LogP contribution in [0, 0.1) is 0 Å². The summed E-state index contributed by atoms with van der Waals surface area (Å²) in [4.78, 5) is 0. The van der Waals surface area contributed by atoms with Crippen molar-refractivity contribution in [1.29, 1.82) is 0 Å². The Morgan fingerprint density at radius 2 is 1.88 bits per heavy atom. The first-order chi connectivity index (χ1) is 7.27. The number of hydrogen-bond donors (Lipinski definition) is 2. The SMILES string of the molecule is COc1c(Br)cc(C(F)(F)F)cc1B(O)O. The number of methoxy groups -OCH3 is 1. The Balaban J connectivity index is 3.40. The van der Waals surface area contributed by atoms with Crippen LogP contribution < -0.4 is 10.2 Å². The van der Waals surface area contributed by atoms with Crippen molar-refractivity contribution in [2.45, 2.75) is 6.18 Å². The van der Waals surface area contributed by atoms with Gasteiger partial charge in [-0.3, -0.25) is 0 Å². The Bertz CT molecular complexity index is 395. The maximum Gasteiger partial charge on any atom is 0.492 e. The number of benzene rings is 1. The highest BCUT2D eigenvalue weighted by Gasteiger charge is 2.33. The van der Waals surface area contributed by atoms with Crippen LogP contribution in [0.3, 0.4) is 0 Å². The molecule has 1 rings (SSSR count). The van der Waals surface area contributed by atoms with Crippen molar-refractivity contribution >= 4 is 28.5 Å². The average molecular weight is 299 g/mol. The van der Waals surface area contributed by atoms with Crippen molar-refractivity contribution in [2.24, 2.45) is 0 Å². The van der Waals surface area contributed by atoms with Crippen LogP contribution in [0.15, 0.2) is 16.6 Å². The van der Waals surface area contributed by atoms with Gasteiger partial charge in [0.25, 0.3) is 0 Å². The zero-order valence-electron chi connectivity index (χ0n) is 8.05. The Labute approximate surface area is 98.1 Å². The topological polar surface area (TPSA) is 49.7 Å². The summed E-state index contributed by atoms with van der Waals surface area (Å²) in [6.07, 6.45) is -4.56. The fourth-order valence-corrected chi connectivity index (χ4v) is 1.82. The molecule has 0 aliphatic heterocycles. The van der Waals surface area contributed by atoms with Crippen molar-refractivity contribution in [3.63, 3.8) is 0 Å². The smallest absolute Gasteiger partial charge is 0.492 e. The predicted molar refractivity (Wildman–Crippen MR) is 55.5 cm³/mol. The molecule has 1 aromatic carbocycles. The lowest BCUT2D eigenvalue weighted by molar-refractivity contribution is -0.137. The van der Waals surface area contributed by atoms with Gasteiger partial charge in [-0.2, -0.15) is 13.2 Å². The van der Waals surface area contributed by atoms with E-state index in [1.54, 1.807) is 0 Å². The standard InChI is InChI=1S/C8H7BBrF3O3/c1-16-7-5(9(14)15)2-4(3-6(7)10)8(11,12)13/h2-3,14-15H,1H3. The summed E-state index contributed by atoms with van der Waals surface area (Å²) in [5, 5.41) is 17.9. The maximum atomic E-state index is 12.4. The van der Waals surface area contributed by atoms with Crippen LogP contribution in [0.1, 0.15) is 5.56 Å². The van der Waals surface area contributed by atoms with Crippen LogP contribution in [0.4, 0.5) is 13.2 Å². The molecule has 3 nitrogen and oxygen atoms in total. The number of halogens is 4. The van der Waals surface area contributed by atoms with E-state index in [4.69, 9.17) is 14.8 Å². The van der Waals surface area contributed by atoms with Crippen LogP contribution in [0.5, 0.6) is 5.75 Å². The molecule has 0 aromatic heterocycles. The molecular formula is C8H7BBrF3O3. The Morgan fingerprint density at radius 1 is 1.31 bits per heavy atom. The van der Waals surface area contributed by atoms with Gasteiger partial charge in [-0.1, -0.05) is 0 Å². The monoisotopic (exact) mass is 298 g/mol. The molecule has 88 valence electrons. The second-order valence-corrected chi connectivity index (χ2v) is 3.81. The first kappa shape index (κ1) is 13.3. The molecular weight excluding hydrogens is 292 g/mol. The fourth-order valence-electron chi connectivity index (χ4n) is 1.19. The Kier molecular flexibility index (Phi) is 3.87. The van der Waals surface area contributed by atoms with Crippen molar-refractivity contribution in [1.82, 2.24) is 0 Å². The lowest BCUT2D eigenvalue weighted by Crippen LogP contribution is -2.32. The first-order valence-electron chi connectivity index (χ1n) is 4.08. The summed E-state index contributed by atoms with van der Waals surface area (Å²) in [5.41, 5.74) is -1.33. The van der Waals surface area contributed by atoms with Gasteiger partial charge in [0.05, 0.1) is 17.1 Å². The molecule has 0 unspecified atom stereocenters. The highest BCUT2D eigenvalue weighted by atomic mass is 79.9. The van der Waals surface area contributed by atoms with E-state index in [9.17, 15) is 13.2 Å². The molecule has 0 saturated carbocycles.